The van der Waals surface area contributed by atoms with E-state index in [2.05, 4.69) is 110 Å². The van der Waals surface area contributed by atoms with E-state index in [1.165, 1.54) is 22.5 Å². The molecule has 0 aliphatic carbocycles. The average Bonchev–Trinajstić information content (AvgIpc) is 3.02. The molecule has 0 unspecified atom stereocenters. The Morgan fingerprint density at radius 3 is 2.03 bits per heavy atom. The van der Waals surface area contributed by atoms with Gasteiger partial charge < -0.3 is 24.3 Å². The molecule has 0 saturated carbocycles. The van der Waals surface area contributed by atoms with Crippen molar-refractivity contribution in [3.05, 3.63) is 90.0 Å². The summed E-state index contributed by atoms with van der Waals surface area (Å²) in [4.78, 5) is 25.1. The van der Waals surface area contributed by atoms with Gasteiger partial charge in [-0.05, 0) is 68.8 Å². The largest absolute Gasteiger partial charge is 0.756 e. The molecule has 1 aliphatic heterocycles. The van der Waals surface area contributed by atoms with Crippen LogP contribution < -0.4 is 14.5 Å². The van der Waals surface area contributed by atoms with Crippen LogP contribution in [0, 0.1) is 0 Å². The summed E-state index contributed by atoms with van der Waals surface area (Å²) in [6, 6.07) is 25.6. The number of hydrogen-bond acceptors (Lipinski definition) is 4. The number of fused-ring (bicyclic) bond motifs is 1. The minimum absolute atomic E-state index is 0.00431. The van der Waals surface area contributed by atoms with Gasteiger partial charge in [-0.1, -0.05) is 30.3 Å². The molecule has 2 N–H and O–H groups in total. The zero-order valence-corrected chi connectivity index (χ0v) is 22.1. The minimum Gasteiger partial charge on any atom is -0.756 e. The smallest absolute Gasteiger partial charge is 0.262 e. The van der Waals surface area contributed by atoms with Crippen LogP contribution in [0.1, 0.15) is 31.9 Å². The van der Waals surface area contributed by atoms with Crippen molar-refractivity contribution in [3.63, 3.8) is 0 Å². The Bertz CT molecular complexity index is 1280. The molecule has 0 radical (unpaired) electrons. The maximum atomic E-state index is 8.77. The first-order chi connectivity index (χ1) is 16.9. The van der Waals surface area contributed by atoms with Crippen LogP contribution in [0.3, 0.4) is 0 Å². The summed E-state index contributed by atoms with van der Waals surface area (Å²) >= 11 is 0. The van der Waals surface area contributed by atoms with Gasteiger partial charge in [0.25, 0.3) is 7.82 Å². The second kappa shape index (κ2) is 11.2. The lowest BCUT2D eigenvalue weighted by Crippen LogP contribution is -2.26. The lowest BCUT2D eigenvalue weighted by molar-refractivity contribution is -0.401. The molecule has 1 aliphatic rings. The highest BCUT2D eigenvalue weighted by atomic mass is 31.2. The Kier molecular flexibility index (Phi) is 8.54. The van der Waals surface area contributed by atoms with Gasteiger partial charge in [0.1, 0.15) is 12.8 Å². The van der Waals surface area contributed by atoms with Crippen molar-refractivity contribution in [2.45, 2.75) is 26.2 Å². The van der Waals surface area contributed by atoms with Crippen molar-refractivity contribution in [2.75, 3.05) is 25.6 Å². The van der Waals surface area contributed by atoms with Gasteiger partial charge in [0.05, 0.1) is 12.0 Å². The third kappa shape index (κ3) is 6.71. The van der Waals surface area contributed by atoms with Crippen molar-refractivity contribution in [1.29, 1.82) is 0 Å². The Labute approximate surface area is 212 Å². The van der Waals surface area contributed by atoms with Gasteiger partial charge >= 0.3 is 0 Å². The van der Waals surface area contributed by atoms with Crippen LogP contribution in [-0.2, 0) is 9.98 Å². The van der Waals surface area contributed by atoms with E-state index in [9.17, 15) is 0 Å². The Morgan fingerprint density at radius 2 is 1.50 bits per heavy atom. The fourth-order valence-corrected chi connectivity index (χ4v) is 4.37. The predicted octanol–water partition coefficient (Wildman–Crippen LogP) is 5.01. The third-order valence-corrected chi connectivity index (χ3v) is 6.19. The second-order valence-electron chi connectivity index (χ2n) is 8.99. The maximum Gasteiger partial charge on any atom is 0.262 e. The van der Waals surface area contributed by atoms with Crippen LogP contribution in [0.15, 0.2) is 78.9 Å². The molecule has 1 heterocycles. The molecule has 4 rings (SSSR count). The highest BCUT2D eigenvalue weighted by molar-refractivity contribution is 7.43. The molecule has 0 spiro atoms. The third-order valence-electron chi connectivity index (χ3n) is 6.19. The maximum absolute atomic E-state index is 8.77. The van der Waals surface area contributed by atoms with E-state index in [4.69, 9.17) is 24.0 Å². The Morgan fingerprint density at radius 1 is 0.972 bits per heavy atom. The minimum atomic E-state index is -4.89. The molecule has 3 aromatic carbocycles. The topological polar surface area (TPSA) is 96.1 Å². The van der Waals surface area contributed by atoms with Crippen molar-refractivity contribution >= 4 is 36.7 Å². The molecule has 0 saturated heterocycles. The van der Waals surface area contributed by atoms with E-state index in [-0.39, 0.29) is 5.41 Å². The molecular weight excluding hydrogens is 475 g/mol. The lowest BCUT2D eigenvalue weighted by Gasteiger charge is -2.20. The number of rotatable bonds is 6. The second-order valence-corrected chi connectivity index (χ2v) is 9.97. The molecular formula is C28H33N2O5P. The molecule has 0 amide bonds. The average molecular weight is 509 g/mol. The zero-order chi connectivity index (χ0) is 26.5. The predicted molar refractivity (Wildman–Crippen MR) is 144 cm³/mol. The number of anilines is 2. The first kappa shape index (κ1) is 27.4. The number of allylic oxidation sites excluding steroid dienone is 1. The monoisotopic (exact) mass is 508 g/mol. The molecule has 8 heteroatoms. The molecule has 3 aromatic rings. The van der Waals surface area contributed by atoms with Crippen LogP contribution in [0.4, 0.5) is 17.1 Å². The summed E-state index contributed by atoms with van der Waals surface area (Å²) in [7, 11) is -0.647. The molecule has 190 valence electrons. The Balaban J connectivity index is 0.000000658. The fraction of sp³-hybridized carbons (Fsp3) is 0.250. The van der Waals surface area contributed by atoms with Crippen LogP contribution in [0.25, 0.3) is 6.08 Å². The van der Waals surface area contributed by atoms with Gasteiger partial charge in [-0.3, -0.25) is 4.57 Å². The van der Waals surface area contributed by atoms with E-state index in [1.54, 1.807) is 0 Å². The summed E-state index contributed by atoms with van der Waals surface area (Å²) in [6.07, 6.45) is 4.46. The highest BCUT2D eigenvalue weighted by Gasteiger charge is 2.42. The van der Waals surface area contributed by atoms with Crippen molar-refractivity contribution in [1.82, 2.24) is 0 Å². The number of benzene rings is 3. The first-order valence-electron chi connectivity index (χ1n) is 11.6. The van der Waals surface area contributed by atoms with E-state index in [0.717, 1.165) is 17.1 Å². The van der Waals surface area contributed by atoms with E-state index < -0.39 is 7.82 Å². The van der Waals surface area contributed by atoms with E-state index in [1.807, 2.05) is 19.1 Å². The van der Waals surface area contributed by atoms with Crippen molar-refractivity contribution in [3.8, 4) is 5.75 Å². The Hall–Kier alpha value is -3.22. The molecule has 0 bridgehead atoms. The van der Waals surface area contributed by atoms with Crippen LogP contribution in [0.5, 0.6) is 5.75 Å². The molecule has 0 atom stereocenters. The molecule has 36 heavy (non-hydrogen) atoms. The van der Waals surface area contributed by atoms with E-state index in [0.29, 0.717) is 6.61 Å². The summed E-state index contributed by atoms with van der Waals surface area (Å²) in [5, 5.41) is 0. The standard InChI is InChI=1S/C28H31N2O.H3O4P/c1-6-31-24-18-16-23(17-19-24)29(4)22-14-11-21(12-15-22)13-20-27-28(2,3)25-9-7-8-10-26(25)30(27)5;1-5(2,3)4/h7-20H,6H2,1-5H3;(H3,1,2,3,4)/q+1;/p-1. The zero-order valence-electron chi connectivity index (χ0n) is 21.3. The van der Waals surface area contributed by atoms with Gasteiger partial charge in [-0.2, -0.15) is 4.58 Å². The van der Waals surface area contributed by atoms with Gasteiger partial charge in [0, 0.05) is 36.1 Å². The number of para-hydroxylation sites is 1. The fourth-order valence-electron chi connectivity index (χ4n) is 4.37. The number of hydrogen-bond donors (Lipinski definition) is 2. The van der Waals surface area contributed by atoms with Crippen LogP contribution in [-0.4, -0.2) is 40.8 Å². The van der Waals surface area contributed by atoms with Gasteiger partial charge in [-0.15, -0.1) is 0 Å². The molecule has 0 fully saturated rings. The summed E-state index contributed by atoms with van der Waals surface area (Å²) < 4.78 is 16.6. The summed E-state index contributed by atoms with van der Waals surface area (Å²) in [5.41, 5.74) is 7.45. The van der Waals surface area contributed by atoms with Crippen molar-refractivity contribution < 1.29 is 28.6 Å². The number of ether oxygens (including phenoxy) is 1. The van der Waals surface area contributed by atoms with Gasteiger partial charge in [0.15, 0.2) is 5.71 Å². The van der Waals surface area contributed by atoms with Gasteiger partial charge in [-0.25, -0.2) is 0 Å². The summed E-state index contributed by atoms with van der Waals surface area (Å²) in [5.74, 6) is 0.902. The number of nitrogens with zero attached hydrogens (tertiary/aromatic N) is 2. The van der Waals surface area contributed by atoms with Crippen molar-refractivity contribution in [2.24, 2.45) is 0 Å². The van der Waals surface area contributed by atoms with Crippen LogP contribution >= 0.6 is 7.82 Å². The summed E-state index contributed by atoms with van der Waals surface area (Å²) in [6.45, 7) is 7.27. The molecule has 0 aromatic heterocycles. The quantitative estimate of drug-likeness (QED) is 0.359. The highest BCUT2D eigenvalue weighted by Crippen LogP contribution is 2.39. The number of phosphoric acid groups is 1. The van der Waals surface area contributed by atoms with E-state index >= 15 is 0 Å². The first-order valence-corrected chi connectivity index (χ1v) is 13.2. The normalized spacial score (nSPS) is 14.3. The van der Waals surface area contributed by atoms with Crippen LogP contribution in [0.2, 0.25) is 0 Å². The lowest BCUT2D eigenvalue weighted by atomic mass is 9.81. The molecule has 7 nitrogen and oxygen atoms in total. The van der Waals surface area contributed by atoms with Gasteiger partial charge in [0.2, 0.25) is 5.69 Å². The SMILES string of the molecule is CCOc1ccc(N(C)c2ccc(/C=C/C3=[N+](C)c4ccccc4C3(C)C)cc2)cc1.O=P([O-])(O)O.